The molecule has 0 aromatic heterocycles. The zero-order valence-electron chi connectivity index (χ0n) is 20.4. The molecule has 0 aliphatic carbocycles. The summed E-state index contributed by atoms with van der Waals surface area (Å²) in [5, 5.41) is 11.4. The molecule has 4 rings (SSSR count). The van der Waals surface area contributed by atoms with Crippen LogP contribution in [-0.4, -0.2) is 72.6 Å². The van der Waals surface area contributed by atoms with E-state index in [2.05, 4.69) is 27.4 Å². The standard InChI is InChI=1S/C28H31BrN2O5/c1-3-15-36-22-9-10-23(19(2)18-22)26(32)24-25(20-5-7-21(29)8-6-20)31(28(34)27(24)33)12-4-11-30-13-16-35-17-14-30/h3,5-10,18,25,32H,1,4,11-17H2,2H3. The first-order valence-electron chi connectivity index (χ1n) is 12.1. The molecule has 0 spiro atoms. The van der Waals surface area contributed by atoms with Crippen LogP contribution in [-0.2, 0) is 14.3 Å². The molecule has 1 amide bonds. The van der Waals surface area contributed by atoms with Gasteiger partial charge in [-0.15, -0.1) is 0 Å². The van der Waals surface area contributed by atoms with E-state index >= 15 is 0 Å². The number of halogens is 1. The molecule has 1 atom stereocenters. The average molecular weight is 555 g/mol. The van der Waals surface area contributed by atoms with E-state index in [1.54, 1.807) is 29.2 Å². The number of likely N-dealkylation sites (tertiary alicyclic amines) is 1. The van der Waals surface area contributed by atoms with Crippen molar-refractivity contribution < 1.29 is 24.2 Å². The van der Waals surface area contributed by atoms with Gasteiger partial charge < -0.3 is 19.5 Å². The van der Waals surface area contributed by atoms with Crippen LogP contribution in [0.3, 0.4) is 0 Å². The van der Waals surface area contributed by atoms with E-state index in [4.69, 9.17) is 9.47 Å². The van der Waals surface area contributed by atoms with Gasteiger partial charge in [-0.3, -0.25) is 14.5 Å². The van der Waals surface area contributed by atoms with Gasteiger partial charge in [-0.1, -0.05) is 40.7 Å². The molecule has 2 aliphatic heterocycles. The average Bonchev–Trinajstić information content (AvgIpc) is 3.13. The Balaban J connectivity index is 1.67. The number of ketones is 1. The van der Waals surface area contributed by atoms with Crippen molar-refractivity contribution in [2.24, 2.45) is 0 Å². The molecule has 2 saturated heterocycles. The number of benzene rings is 2. The van der Waals surface area contributed by atoms with Crippen molar-refractivity contribution in [1.82, 2.24) is 9.80 Å². The van der Waals surface area contributed by atoms with Gasteiger partial charge in [-0.05, 0) is 54.8 Å². The van der Waals surface area contributed by atoms with Crippen molar-refractivity contribution >= 4 is 33.4 Å². The summed E-state index contributed by atoms with van der Waals surface area (Å²) in [5.74, 6) is -0.796. The minimum atomic E-state index is -0.668. The molecule has 2 aliphatic rings. The molecule has 2 heterocycles. The van der Waals surface area contributed by atoms with Crippen LogP contribution in [0.25, 0.3) is 5.76 Å². The van der Waals surface area contributed by atoms with Crippen molar-refractivity contribution in [3.63, 3.8) is 0 Å². The number of aliphatic hydroxyl groups is 1. The zero-order valence-corrected chi connectivity index (χ0v) is 22.0. The molecular formula is C28H31BrN2O5. The van der Waals surface area contributed by atoms with Crippen LogP contribution in [0.1, 0.15) is 29.2 Å². The smallest absolute Gasteiger partial charge is 0.295 e. The number of rotatable bonds is 9. The Bertz CT molecular complexity index is 1160. The number of ether oxygens (including phenoxy) is 2. The fourth-order valence-electron chi connectivity index (χ4n) is 4.68. The van der Waals surface area contributed by atoms with Crippen molar-refractivity contribution in [3.8, 4) is 5.75 Å². The maximum absolute atomic E-state index is 13.3. The third-order valence-corrected chi connectivity index (χ3v) is 7.05. The largest absolute Gasteiger partial charge is 0.507 e. The maximum Gasteiger partial charge on any atom is 0.295 e. The van der Waals surface area contributed by atoms with E-state index < -0.39 is 17.7 Å². The highest BCUT2D eigenvalue weighted by molar-refractivity contribution is 9.10. The van der Waals surface area contributed by atoms with E-state index in [9.17, 15) is 14.7 Å². The van der Waals surface area contributed by atoms with Crippen molar-refractivity contribution in [1.29, 1.82) is 0 Å². The fraction of sp³-hybridized carbons (Fsp3) is 0.357. The minimum Gasteiger partial charge on any atom is -0.507 e. The normalized spacial score (nSPS) is 20.1. The molecule has 0 bridgehead atoms. The van der Waals surface area contributed by atoms with Gasteiger partial charge in [0, 0.05) is 36.2 Å². The zero-order chi connectivity index (χ0) is 25.7. The third kappa shape index (κ3) is 5.72. The molecule has 190 valence electrons. The van der Waals surface area contributed by atoms with Gasteiger partial charge in [-0.2, -0.15) is 0 Å². The number of carbonyl (C=O) groups is 2. The first-order chi connectivity index (χ1) is 17.4. The lowest BCUT2D eigenvalue weighted by Gasteiger charge is -2.29. The number of carbonyl (C=O) groups excluding carboxylic acids is 2. The van der Waals surface area contributed by atoms with Gasteiger partial charge in [-0.25, -0.2) is 0 Å². The molecular weight excluding hydrogens is 524 g/mol. The Morgan fingerprint density at radius 2 is 1.89 bits per heavy atom. The van der Waals surface area contributed by atoms with Crippen molar-refractivity contribution in [3.05, 3.63) is 81.9 Å². The molecule has 2 aromatic carbocycles. The summed E-state index contributed by atoms with van der Waals surface area (Å²) in [6, 6.07) is 12.1. The maximum atomic E-state index is 13.3. The first kappa shape index (κ1) is 26.1. The molecule has 2 aromatic rings. The second kappa shape index (κ2) is 11.9. The summed E-state index contributed by atoms with van der Waals surface area (Å²) in [4.78, 5) is 30.4. The first-order valence-corrected chi connectivity index (χ1v) is 12.9. The van der Waals surface area contributed by atoms with Crippen LogP contribution in [0.5, 0.6) is 5.75 Å². The Morgan fingerprint density at radius 3 is 2.56 bits per heavy atom. The number of hydrogen-bond acceptors (Lipinski definition) is 6. The molecule has 8 heteroatoms. The van der Waals surface area contributed by atoms with Gasteiger partial charge in [0.05, 0.1) is 24.8 Å². The molecule has 7 nitrogen and oxygen atoms in total. The van der Waals surface area contributed by atoms with Crippen LogP contribution >= 0.6 is 15.9 Å². The third-order valence-electron chi connectivity index (χ3n) is 6.52. The summed E-state index contributed by atoms with van der Waals surface area (Å²) >= 11 is 3.45. The topological polar surface area (TPSA) is 79.3 Å². The number of Topliss-reactive ketones (excluding diaryl/α,β-unsaturated/α-hetero) is 1. The molecule has 1 N–H and O–H groups in total. The molecule has 2 fully saturated rings. The van der Waals surface area contributed by atoms with E-state index in [0.29, 0.717) is 44.1 Å². The van der Waals surface area contributed by atoms with Crippen LogP contribution in [0.4, 0.5) is 0 Å². The molecule has 1 unspecified atom stereocenters. The van der Waals surface area contributed by atoms with E-state index in [1.165, 1.54) is 0 Å². The molecule has 0 saturated carbocycles. The lowest BCUT2D eigenvalue weighted by molar-refractivity contribution is -0.140. The van der Waals surface area contributed by atoms with Crippen LogP contribution < -0.4 is 4.74 Å². The van der Waals surface area contributed by atoms with E-state index in [0.717, 1.165) is 35.2 Å². The predicted octanol–water partition coefficient (Wildman–Crippen LogP) is 4.47. The number of nitrogens with zero attached hydrogens (tertiary/aromatic N) is 2. The van der Waals surface area contributed by atoms with Crippen molar-refractivity contribution in [2.75, 3.05) is 46.0 Å². The second-order valence-electron chi connectivity index (χ2n) is 8.93. The number of amides is 1. The number of hydrogen-bond donors (Lipinski definition) is 1. The predicted molar refractivity (Wildman–Crippen MR) is 142 cm³/mol. The van der Waals surface area contributed by atoms with Crippen LogP contribution in [0, 0.1) is 6.92 Å². The van der Waals surface area contributed by atoms with Gasteiger partial charge >= 0.3 is 0 Å². The van der Waals surface area contributed by atoms with Gasteiger partial charge in [0.2, 0.25) is 0 Å². The van der Waals surface area contributed by atoms with Crippen LogP contribution in [0.15, 0.2) is 65.2 Å². The van der Waals surface area contributed by atoms with Gasteiger partial charge in [0.15, 0.2) is 0 Å². The Labute approximate surface area is 220 Å². The summed E-state index contributed by atoms with van der Waals surface area (Å²) in [5.41, 5.74) is 2.11. The van der Waals surface area contributed by atoms with Crippen molar-refractivity contribution in [2.45, 2.75) is 19.4 Å². The highest BCUT2D eigenvalue weighted by Gasteiger charge is 2.46. The Kier molecular flexibility index (Phi) is 8.61. The number of morpholine rings is 1. The highest BCUT2D eigenvalue weighted by atomic mass is 79.9. The van der Waals surface area contributed by atoms with E-state index in [1.807, 2.05) is 31.2 Å². The Morgan fingerprint density at radius 1 is 1.17 bits per heavy atom. The fourth-order valence-corrected chi connectivity index (χ4v) is 4.95. The molecule has 0 radical (unpaired) electrons. The Hall–Kier alpha value is -2.94. The minimum absolute atomic E-state index is 0.108. The summed E-state index contributed by atoms with van der Waals surface area (Å²) in [7, 11) is 0. The monoisotopic (exact) mass is 554 g/mol. The number of aliphatic hydroxyl groups excluding tert-OH is 1. The summed E-state index contributed by atoms with van der Waals surface area (Å²) in [6.45, 7) is 10.2. The van der Waals surface area contributed by atoms with E-state index in [-0.39, 0.29) is 11.3 Å². The highest BCUT2D eigenvalue weighted by Crippen LogP contribution is 2.40. The van der Waals surface area contributed by atoms with Crippen LogP contribution in [0.2, 0.25) is 0 Å². The summed E-state index contributed by atoms with van der Waals surface area (Å²) < 4.78 is 11.9. The number of aryl methyl sites for hydroxylation is 1. The quantitative estimate of drug-likeness (QED) is 0.213. The molecule has 36 heavy (non-hydrogen) atoms. The second-order valence-corrected chi connectivity index (χ2v) is 9.84. The lowest BCUT2D eigenvalue weighted by atomic mass is 9.94. The van der Waals surface area contributed by atoms with Gasteiger partial charge in [0.1, 0.15) is 18.1 Å². The lowest BCUT2D eigenvalue weighted by Crippen LogP contribution is -2.38. The summed E-state index contributed by atoms with van der Waals surface area (Å²) in [6.07, 6.45) is 2.37. The van der Waals surface area contributed by atoms with Gasteiger partial charge in [0.25, 0.3) is 11.7 Å². The SMILES string of the molecule is C=CCOc1ccc(C(O)=C2C(=O)C(=O)N(CCCN3CCOCC3)C2c2ccc(Br)cc2)c(C)c1.